The summed E-state index contributed by atoms with van der Waals surface area (Å²) in [6.07, 6.45) is 5.07. The maximum absolute atomic E-state index is 10.3. The quantitative estimate of drug-likeness (QED) is 0.582. The zero-order valence-electron chi connectivity index (χ0n) is 6.42. The van der Waals surface area contributed by atoms with E-state index >= 15 is 0 Å². The third kappa shape index (κ3) is 2.35. The highest BCUT2D eigenvalue weighted by Gasteiger charge is 2.15. The number of rotatable bonds is 2. The normalized spacial score (nSPS) is 24.5. The van der Waals surface area contributed by atoms with E-state index in [-0.39, 0.29) is 12.5 Å². The third-order valence-electron chi connectivity index (χ3n) is 1.96. The van der Waals surface area contributed by atoms with Gasteiger partial charge in [-0.2, -0.15) is 0 Å². The number of carboxylic acid groups (broad SMARTS) is 1. The van der Waals surface area contributed by atoms with E-state index in [9.17, 15) is 4.79 Å². The molecule has 0 amide bonds. The number of hydrogen-bond donors (Lipinski definition) is 2. The van der Waals surface area contributed by atoms with Crippen LogP contribution in [0, 0.1) is 0 Å². The Hall–Kier alpha value is -0.830. The van der Waals surface area contributed by atoms with Gasteiger partial charge in [0.15, 0.2) is 0 Å². The van der Waals surface area contributed by atoms with Crippen LogP contribution in [0.3, 0.4) is 0 Å². The molecule has 0 saturated carbocycles. The molecule has 62 valence electrons. The highest BCUT2D eigenvalue weighted by Crippen LogP contribution is 2.18. The number of carboxylic acids is 1. The van der Waals surface area contributed by atoms with Crippen LogP contribution < -0.4 is 5.73 Å². The molecule has 0 aromatic rings. The molecule has 1 aliphatic rings. The van der Waals surface area contributed by atoms with E-state index in [0.717, 1.165) is 24.8 Å². The average Bonchev–Trinajstić information content (AvgIpc) is 1.93. The van der Waals surface area contributed by atoms with Crippen molar-refractivity contribution in [1.29, 1.82) is 0 Å². The topological polar surface area (TPSA) is 63.3 Å². The fourth-order valence-corrected chi connectivity index (χ4v) is 1.34. The predicted octanol–water partition coefficient (Wildman–Crippen LogP) is 0.899. The zero-order chi connectivity index (χ0) is 8.27. The van der Waals surface area contributed by atoms with Gasteiger partial charge in [0.2, 0.25) is 0 Å². The Kier molecular flexibility index (Phi) is 2.65. The van der Waals surface area contributed by atoms with Gasteiger partial charge in [0.25, 0.3) is 0 Å². The lowest BCUT2D eigenvalue weighted by molar-refractivity contribution is -0.136. The summed E-state index contributed by atoms with van der Waals surface area (Å²) in [6.45, 7) is 0. The Morgan fingerprint density at radius 3 is 3.09 bits per heavy atom. The van der Waals surface area contributed by atoms with E-state index in [1.54, 1.807) is 0 Å². The van der Waals surface area contributed by atoms with Crippen LogP contribution in [0.5, 0.6) is 0 Å². The monoisotopic (exact) mass is 155 g/mol. The second-order valence-corrected chi connectivity index (χ2v) is 2.89. The van der Waals surface area contributed by atoms with Crippen LogP contribution in [-0.4, -0.2) is 17.1 Å². The molecular weight excluding hydrogens is 142 g/mol. The van der Waals surface area contributed by atoms with Crippen molar-refractivity contribution in [1.82, 2.24) is 0 Å². The highest BCUT2D eigenvalue weighted by atomic mass is 16.4. The Morgan fingerprint density at radius 2 is 2.55 bits per heavy atom. The van der Waals surface area contributed by atoms with Crippen molar-refractivity contribution in [3.63, 3.8) is 0 Å². The van der Waals surface area contributed by atoms with Crippen molar-refractivity contribution in [3.05, 3.63) is 11.6 Å². The summed E-state index contributed by atoms with van der Waals surface area (Å²) in [4.78, 5) is 10.3. The van der Waals surface area contributed by atoms with Crippen LogP contribution in [0.2, 0.25) is 0 Å². The van der Waals surface area contributed by atoms with E-state index in [2.05, 4.69) is 0 Å². The molecule has 0 aromatic carbocycles. The Bertz CT molecular complexity index is 187. The third-order valence-corrected chi connectivity index (χ3v) is 1.96. The lowest BCUT2D eigenvalue weighted by atomic mass is 9.93. The van der Waals surface area contributed by atoms with E-state index in [1.165, 1.54) is 0 Å². The van der Waals surface area contributed by atoms with Crippen LogP contribution in [0.25, 0.3) is 0 Å². The molecular formula is C8H13NO2. The van der Waals surface area contributed by atoms with Gasteiger partial charge in [0, 0.05) is 6.04 Å². The molecule has 11 heavy (non-hydrogen) atoms. The maximum Gasteiger partial charge on any atom is 0.307 e. The Balaban J connectivity index is 2.53. The van der Waals surface area contributed by atoms with E-state index in [1.807, 2.05) is 6.08 Å². The molecule has 0 heterocycles. The van der Waals surface area contributed by atoms with E-state index < -0.39 is 5.97 Å². The maximum atomic E-state index is 10.3. The molecule has 0 radical (unpaired) electrons. The van der Waals surface area contributed by atoms with Crippen molar-refractivity contribution < 1.29 is 9.90 Å². The van der Waals surface area contributed by atoms with Crippen LogP contribution in [0.4, 0.5) is 0 Å². The molecule has 0 spiro atoms. The summed E-state index contributed by atoms with van der Waals surface area (Å²) in [5, 5.41) is 8.49. The van der Waals surface area contributed by atoms with Crippen LogP contribution in [0.15, 0.2) is 11.6 Å². The van der Waals surface area contributed by atoms with E-state index in [0.29, 0.717) is 0 Å². The summed E-state index contributed by atoms with van der Waals surface area (Å²) < 4.78 is 0. The summed E-state index contributed by atoms with van der Waals surface area (Å²) in [5.41, 5.74) is 6.59. The van der Waals surface area contributed by atoms with Gasteiger partial charge in [-0.25, -0.2) is 0 Å². The first-order valence-electron chi connectivity index (χ1n) is 3.86. The predicted molar refractivity (Wildman–Crippen MR) is 42.2 cm³/mol. The second kappa shape index (κ2) is 3.53. The molecule has 0 bridgehead atoms. The van der Waals surface area contributed by atoms with Gasteiger partial charge >= 0.3 is 5.97 Å². The van der Waals surface area contributed by atoms with Crippen molar-refractivity contribution in [2.45, 2.75) is 31.7 Å². The summed E-state index contributed by atoms with van der Waals surface area (Å²) in [7, 11) is 0. The van der Waals surface area contributed by atoms with Crippen molar-refractivity contribution in [2.24, 2.45) is 5.73 Å². The van der Waals surface area contributed by atoms with Crippen LogP contribution in [0.1, 0.15) is 25.7 Å². The molecule has 1 rings (SSSR count). The molecule has 0 aliphatic heterocycles. The number of nitrogens with two attached hydrogens (primary N) is 1. The summed E-state index contributed by atoms with van der Waals surface area (Å²) >= 11 is 0. The van der Waals surface area contributed by atoms with Crippen molar-refractivity contribution in [3.8, 4) is 0 Å². The Labute approximate surface area is 65.9 Å². The fraction of sp³-hybridized carbons (Fsp3) is 0.625. The first kappa shape index (κ1) is 8.27. The first-order chi connectivity index (χ1) is 5.20. The summed E-state index contributed by atoms with van der Waals surface area (Å²) in [5.74, 6) is -0.784. The van der Waals surface area contributed by atoms with Crippen LogP contribution >= 0.6 is 0 Å². The molecule has 3 nitrogen and oxygen atoms in total. The molecule has 3 heteroatoms. The van der Waals surface area contributed by atoms with Gasteiger partial charge < -0.3 is 10.8 Å². The SMILES string of the molecule is N[C@@H]1CCCC=C1CC(=O)O. The van der Waals surface area contributed by atoms with Gasteiger partial charge in [-0.15, -0.1) is 0 Å². The first-order valence-corrected chi connectivity index (χ1v) is 3.86. The smallest absolute Gasteiger partial charge is 0.307 e. The lowest BCUT2D eigenvalue weighted by Gasteiger charge is -2.18. The number of carbonyl (C=O) groups is 1. The largest absolute Gasteiger partial charge is 0.481 e. The lowest BCUT2D eigenvalue weighted by Crippen LogP contribution is -2.26. The van der Waals surface area contributed by atoms with Gasteiger partial charge in [0.1, 0.15) is 0 Å². The molecule has 0 aromatic heterocycles. The minimum absolute atomic E-state index is 0.0140. The van der Waals surface area contributed by atoms with Gasteiger partial charge in [-0.3, -0.25) is 4.79 Å². The molecule has 0 fully saturated rings. The van der Waals surface area contributed by atoms with Crippen molar-refractivity contribution in [2.75, 3.05) is 0 Å². The van der Waals surface area contributed by atoms with Gasteiger partial charge in [0.05, 0.1) is 6.42 Å². The zero-order valence-corrected chi connectivity index (χ0v) is 6.42. The minimum atomic E-state index is -0.784. The van der Waals surface area contributed by atoms with Crippen LogP contribution in [-0.2, 0) is 4.79 Å². The number of aliphatic carboxylic acids is 1. The highest BCUT2D eigenvalue weighted by molar-refractivity contribution is 5.70. The molecule has 3 N–H and O–H groups in total. The molecule has 1 atom stereocenters. The molecule has 0 unspecified atom stereocenters. The summed E-state index contributed by atoms with van der Waals surface area (Å²) in [6, 6.07) is -0.0140. The molecule has 1 aliphatic carbocycles. The van der Waals surface area contributed by atoms with E-state index in [4.69, 9.17) is 10.8 Å². The fourth-order valence-electron chi connectivity index (χ4n) is 1.34. The second-order valence-electron chi connectivity index (χ2n) is 2.89. The minimum Gasteiger partial charge on any atom is -0.481 e. The average molecular weight is 155 g/mol. The van der Waals surface area contributed by atoms with Crippen molar-refractivity contribution >= 4 is 5.97 Å². The number of hydrogen-bond acceptors (Lipinski definition) is 2. The standard InChI is InChI=1S/C8H13NO2/c9-7-4-2-1-3-6(7)5-8(10)11/h3,7H,1-2,4-5,9H2,(H,10,11)/t7-/m1/s1. The number of allylic oxidation sites excluding steroid dienone is 1. The van der Waals surface area contributed by atoms with Gasteiger partial charge in [-0.05, 0) is 24.8 Å². The molecule has 0 saturated heterocycles. The van der Waals surface area contributed by atoms with Gasteiger partial charge in [-0.1, -0.05) is 6.08 Å². The Morgan fingerprint density at radius 1 is 1.82 bits per heavy atom.